The molecule has 2 amide bonds. The van der Waals surface area contributed by atoms with Gasteiger partial charge in [-0.3, -0.25) is 14.5 Å². The van der Waals surface area contributed by atoms with Crippen molar-refractivity contribution < 1.29 is 33.8 Å². The molecule has 0 saturated carbocycles. The normalized spacial score (nSPS) is 20.4. The molecule has 9 nitrogen and oxygen atoms in total. The second-order valence-corrected chi connectivity index (χ2v) is 7.43. The van der Waals surface area contributed by atoms with Crippen LogP contribution in [0.4, 0.5) is 0 Å². The number of aliphatic carboxylic acids is 1. The van der Waals surface area contributed by atoms with Gasteiger partial charge in [-0.1, -0.05) is 18.2 Å². The standard InChI is InChI=1S/C20H20N2O7S/c1-2-28-15(24)9-8-12-11-30-19-16(18(25)22(19)17(12)20(26)27)21-14(23)10-29-13-6-4-3-5-7-13/h3-9,16,19H,2,10-11H2,1H3,(H,21,23)(H,26,27)/t16?,19-/m1/s1. The molecule has 158 valence electrons. The highest BCUT2D eigenvalue weighted by atomic mass is 32.2. The van der Waals surface area contributed by atoms with Crippen LogP contribution in [0, 0.1) is 0 Å². The minimum atomic E-state index is -1.28. The number of carboxylic acid groups (broad SMARTS) is 1. The van der Waals surface area contributed by atoms with Gasteiger partial charge in [0.2, 0.25) is 0 Å². The number of hydrogen-bond donors (Lipinski definition) is 2. The first-order valence-electron chi connectivity index (χ1n) is 9.15. The Kier molecular flexibility index (Phi) is 6.78. The van der Waals surface area contributed by atoms with Crippen molar-refractivity contribution in [3.8, 4) is 5.75 Å². The summed E-state index contributed by atoms with van der Waals surface area (Å²) in [5, 5.41) is 11.6. The number of nitrogens with one attached hydrogen (secondary N) is 1. The highest BCUT2D eigenvalue weighted by Gasteiger charge is 2.53. The molecule has 2 heterocycles. The van der Waals surface area contributed by atoms with Crippen LogP contribution in [0.15, 0.2) is 53.8 Å². The van der Waals surface area contributed by atoms with Crippen LogP contribution in [-0.2, 0) is 23.9 Å². The monoisotopic (exact) mass is 432 g/mol. The smallest absolute Gasteiger partial charge is 0.352 e. The zero-order valence-electron chi connectivity index (χ0n) is 16.1. The van der Waals surface area contributed by atoms with Crippen molar-refractivity contribution in [2.24, 2.45) is 0 Å². The molecule has 0 bridgehead atoms. The molecule has 30 heavy (non-hydrogen) atoms. The van der Waals surface area contributed by atoms with E-state index in [1.807, 2.05) is 6.07 Å². The number of esters is 1. The lowest BCUT2D eigenvalue weighted by molar-refractivity contribution is -0.150. The SMILES string of the molecule is CCOC(=O)C=CC1=C(C(=O)O)N2C(=O)C(NC(=O)COc3ccccc3)[C@H]2SC1. The molecule has 2 atom stereocenters. The fourth-order valence-corrected chi connectivity index (χ4v) is 4.33. The molecule has 0 aromatic heterocycles. The summed E-state index contributed by atoms with van der Waals surface area (Å²) in [5.74, 6) is -2.10. The van der Waals surface area contributed by atoms with E-state index in [9.17, 15) is 24.3 Å². The van der Waals surface area contributed by atoms with Gasteiger partial charge in [-0.15, -0.1) is 11.8 Å². The van der Waals surface area contributed by atoms with Crippen molar-refractivity contribution >= 4 is 35.5 Å². The topological polar surface area (TPSA) is 122 Å². The number of rotatable bonds is 8. The van der Waals surface area contributed by atoms with E-state index in [0.717, 1.165) is 11.0 Å². The Hall–Kier alpha value is -3.27. The minimum Gasteiger partial charge on any atom is -0.484 e. The minimum absolute atomic E-state index is 0.199. The fraction of sp³-hybridized carbons (Fsp3) is 0.300. The molecule has 0 radical (unpaired) electrons. The Morgan fingerprint density at radius 2 is 2.03 bits per heavy atom. The summed E-state index contributed by atoms with van der Waals surface area (Å²) in [6.45, 7) is 1.60. The summed E-state index contributed by atoms with van der Waals surface area (Å²) in [4.78, 5) is 49.1. The number of thioether (sulfide) groups is 1. The van der Waals surface area contributed by atoms with Crippen molar-refractivity contribution in [2.45, 2.75) is 18.3 Å². The van der Waals surface area contributed by atoms with Crippen LogP contribution in [0.25, 0.3) is 0 Å². The number of para-hydroxylation sites is 1. The van der Waals surface area contributed by atoms with Crippen LogP contribution < -0.4 is 10.1 Å². The lowest BCUT2D eigenvalue weighted by atomic mass is 10.0. The summed E-state index contributed by atoms with van der Waals surface area (Å²) in [6, 6.07) is 7.93. The molecule has 1 unspecified atom stereocenters. The lowest BCUT2D eigenvalue weighted by Gasteiger charge is -2.49. The predicted octanol–water partition coefficient (Wildman–Crippen LogP) is 0.923. The summed E-state index contributed by atoms with van der Waals surface area (Å²) in [5.41, 5.74) is 0.123. The number of hydrogen-bond acceptors (Lipinski definition) is 7. The molecule has 0 spiro atoms. The maximum atomic E-state index is 12.6. The van der Waals surface area contributed by atoms with Crippen LogP contribution in [0.1, 0.15) is 6.92 Å². The molecule has 10 heteroatoms. The predicted molar refractivity (Wildman–Crippen MR) is 107 cm³/mol. The Bertz CT molecular complexity index is 913. The molecule has 1 saturated heterocycles. The lowest BCUT2D eigenvalue weighted by Crippen LogP contribution is -2.70. The van der Waals surface area contributed by atoms with Gasteiger partial charge >= 0.3 is 11.9 Å². The Morgan fingerprint density at radius 3 is 2.70 bits per heavy atom. The number of carbonyl (C=O) groups is 4. The summed E-state index contributed by atoms with van der Waals surface area (Å²) in [7, 11) is 0. The van der Waals surface area contributed by atoms with Crippen molar-refractivity contribution in [3.63, 3.8) is 0 Å². The molecule has 0 aliphatic carbocycles. The maximum Gasteiger partial charge on any atom is 0.352 e. The van der Waals surface area contributed by atoms with Crippen LogP contribution in [0.5, 0.6) is 5.75 Å². The van der Waals surface area contributed by atoms with E-state index in [-0.39, 0.29) is 24.7 Å². The average Bonchev–Trinajstić information content (AvgIpc) is 2.74. The van der Waals surface area contributed by atoms with Crippen molar-refractivity contribution in [2.75, 3.05) is 19.0 Å². The number of fused-ring (bicyclic) bond motifs is 1. The van der Waals surface area contributed by atoms with E-state index in [1.165, 1.54) is 17.8 Å². The maximum absolute atomic E-state index is 12.6. The molecule has 2 aliphatic heterocycles. The van der Waals surface area contributed by atoms with Gasteiger partial charge in [-0.2, -0.15) is 0 Å². The van der Waals surface area contributed by atoms with Gasteiger partial charge in [0.1, 0.15) is 22.9 Å². The van der Waals surface area contributed by atoms with E-state index >= 15 is 0 Å². The number of allylic oxidation sites excluding steroid dienone is 1. The average molecular weight is 432 g/mol. The first-order chi connectivity index (χ1) is 14.4. The van der Waals surface area contributed by atoms with Crippen LogP contribution in [-0.4, -0.2) is 64.1 Å². The molecule has 3 rings (SSSR count). The van der Waals surface area contributed by atoms with E-state index in [0.29, 0.717) is 11.3 Å². The zero-order valence-corrected chi connectivity index (χ0v) is 16.9. The zero-order chi connectivity index (χ0) is 21.7. The quantitative estimate of drug-likeness (QED) is 0.353. The second kappa shape index (κ2) is 9.49. The highest BCUT2D eigenvalue weighted by Crippen LogP contribution is 2.40. The van der Waals surface area contributed by atoms with E-state index in [1.54, 1.807) is 31.2 Å². The number of carbonyl (C=O) groups excluding carboxylic acids is 3. The molecular weight excluding hydrogens is 412 g/mol. The van der Waals surface area contributed by atoms with E-state index in [4.69, 9.17) is 9.47 Å². The third-order valence-electron chi connectivity index (χ3n) is 4.34. The Labute approximate surface area is 176 Å². The van der Waals surface area contributed by atoms with Gasteiger partial charge in [-0.25, -0.2) is 9.59 Å². The van der Waals surface area contributed by atoms with E-state index < -0.39 is 35.2 Å². The third kappa shape index (κ3) is 4.65. The second-order valence-electron chi connectivity index (χ2n) is 6.32. The molecule has 2 N–H and O–H groups in total. The Balaban J connectivity index is 1.64. The molecule has 1 fully saturated rings. The van der Waals surface area contributed by atoms with Gasteiger partial charge in [0, 0.05) is 11.8 Å². The molecule has 1 aromatic carbocycles. The number of β-lactam (4-membered cyclic amide) rings is 1. The van der Waals surface area contributed by atoms with Crippen LogP contribution >= 0.6 is 11.8 Å². The number of carboxylic acids is 1. The molecular formula is C20H20N2O7S. The number of ether oxygens (including phenoxy) is 2. The van der Waals surface area contributed by atoms with Gasteiger partial charge in [0.25, 0.3) is 11.8 Å². The number of amides is 2. The van der Waals surface area contributed by atoms with E-state index in [2.05, 4.69) is 5.32 Å². The van der Waals surface area contributed by atoms with Crippen LogP contribution in [0.2, 0.25) is 0 Å². The first-order valence-corrected chi connectivity index (χ1v) is 10.2. The summed E-state index contributed by atoms with van der Waals surface area (Å²) >= 11 is 1.30. The summed E-state index contributed by atoms with van der Waals surface area (Å²) in [6.07, 6.45) is 2.48. The largest absolute Gasteiger partial charge is 0.484 e. The van der Waals surface area contributed by atoms with Gasteiger partial charge in [0.15, 0.2) is 6.61 Å². The van der Waals surface area contributed by atoms with Crippen LogP contribution in [0.3, 0.4) is 0 Å². The van der Waals surface area contributed by atoms with Crippen molar-refractivity contribution in [3.05, 3.63) is 53.8 Å². The first kappa shape index (κ1) is 21.4. The van der Waals surface area contributed by atoms with Gasteiger partial charge in [-0.05, 0) is 30.7 Å². The molecule has 1 aromatic rings. The Morgan fingerprint density at radius 1 is 1.30 bits per heavy atom. The van der Waals surface area contributed by atoms with Gasteiger partial charge < -0.3 is 19.9 Å². The summed E-state index contributed by atoms with van der Waals surface area (Å²) < 4.78 is 10.1. The van der Waals surface area contributed by atoms with Crippen molar-refractivity contribution in [1.29, 1.82) is 0 Å². The third-order valence-corrected chi connectivity index (χ3v) is 5.64. The highest BCUT2D eigenvalue weighted by molar-refractivity contribution is 8.00. The number of nitrogens with zero attached hydrogens (tertiary/aromatic N) is 1. The fourth-order valence-electron chi connectivity index (χ4n) is 3.01. The van der Waals surface area contributed by atoms with Crippen molar-refractivity contribution in [1.82, 2.24) is 10.2 Å². The molecule has 2 aliphatic rings. The number of benzene rings is 1. The van der Waals surface area contributed by atoms with Gasteiger partial charge in [0.05, 0.1) is 6.61 Å².